The van der Waals surface area contributed by atoms with Crippen LogP contribution < -0.4 is 5.32 Å². The van der Waals surface area contributed by atoms with Crippen LogP contribution in [0.4, 0.5) is 4.79 Å². The average Bonchev–Trinajstić information content (AvgIpc) is 3.08. The summed E-state index contributed by atoms with van der Waals surface area (Å²) < 4.78 is 5.12. The Kier molecular flexibility index (Phi) is 5.10. The topological polar surface area (TPSA) is 67.0 Å². The Morgan fingerprint density at radius 2 is 2.12 bits per heavy atom. The summed E-state index contributed by atoms with van der Waals surface area (Å²) in [5, 5.41) is 2.68. The van der Waals surface area contributed by atoms with Crippen molar-refractivity contribution >= 4 is 17.1 Å². The fourth-order valence-electron chi connectivity index (χ4n) is 2.17. The molecule has 5 heteroatoms. The minimum atomic E-state index is -0.435. The Morgan fingerprint density at radius 1 is 1.25 bits per heavy atom. The zero-order valence-electron chi connectivity index (χ0n) is 13.1. The number of H-pyrrole nitrogens is 1. The van der Waals surface area contributed by atoms with Gasteiger partial charge in [-0.15, -0.1) is 0 Å². The molecule has 24 heavy (non-hydrogen) atoms. The third-order valence-electron chi connectivity index (χ3n) is 3.36. The van der Waals surface area contributed by atoms with E-state index in [4.69, 9.17) is 4.74 Å². The van der Waals surface area contributed by atoms with E-state index in [0.29, 0.717) is 13.0 Å². The van der Waals surface area contributed by atoms with Crippen LogP contribution in [0.5, 0.6) is 0 Å². The number of amides is 1. The van der Waals surface area contributed by atoms with Gasteiger partial charge in [0.1, 0.15) is 6.61 Å². The van der Waals surface area contributed by atoms with Gasteiger partial charge in [-0.05, 0) is 17.7 Å². The number of aromatic nitrogens is 2. The number of nitrogens with one attached hydrogen (secondary N) is 2. The molecule has 3 aromatic rings. The molecule has 0 saturated heterocycles. The fraction of sp³-hybridized carbons (Fsp3) is 0.158. The summed E-state index contributed by atoms with van der Waals surface area (Å²) in [5.74, 6) is 6.05. The molecule has 2 aromatic heterocycles. The maximum atomic E-state index is 11.6. The monoisotopic (exact) mass is 319 g/mol. The van der Waals surface area contributed by atoms with Crippen molar-refractivity contribution in [3.63, 3.8) is 0 Å². The number of pyridine rings is 1. The number of nitrogens with zero attached hydrogens (tertiary/aromatic N) is 1. The molecule has 120 valence electrons. The highest BCUT2D eigenvalue weighted by Gasteiger charge is 2.00. The second-order valence-corrected chi connectivity index (χ2v) is 5.17. The standard InChI is InChI=1S/C19H17N3O2/c23-19(24-14-15-6-2-1-3-7-15)21-10-5-4-8-16-12-18-17(22-13-16)9-11-20-18/h1-3,6-7,9,11-13,20H,5,10,14H2,(H,21,23). The quantitative estimate of drug-likeness (QED) is 0.573. The zero-order chi connectivity index (χ0) is 16.6. The number of rotatable bonds is 4. The van der Waals surface area contributed by atoms with Crippen molar-refractivity contribution in [1.82, 2.24) is 15.3 Å². The van der Waals surface area contributed by atoms with E-state index >= 15 is 0 Å². The van der Waals surface area contributed by atoms with Crippen LogP contribution in [0.15, 0.2) is 54.9 Å². The number of fused-ring (bicyclic) bond motifs is 1. The van der Waals surface area contributed by atoms with E-state index in [-0.39, 0.29) is 6.61 Å². The molecule has 1 amide bonds. The lowest BCUT2D eigenvalue weighted by atomic mass is 10.2. The smallest absolute Gasteiger partial charge is 0.407 e. The Morgan fingerprint density at radius 3 is 3.00 bits per heavy atom. The largest absolute Gasteiger partial charge is 0.445 e. The van der Waals surface area contributed by atoms with E-state index in [1.54, 1.807) is 6.20 Å². The van der Waals surface area contributed by atoms with Crippen molar-refractivity contribution in [2.45, 2.75) is 13.0 Å². The van der Waals surface area contributed by atoms with Crippen molar-refractivity contribution in [2.75, 3.05) is 6.54 Å². The second-order valence-electron chi connectivity index (χ2n) is 5.17. The summed E-state index contributed by atoms with van der Waals surface area (Å²) in [6.45, 7) is 0.707. The van der Waals surface area contributed by atoms with E-state index in [1.807, 2.05) is 48.7 Å². The molecule has 0 fully saturated rings. The van der Waals surface area contributed by atoms with Gasteiger partial charge in [-0.3, -0.25) is 4.98 Å². The van der Waals surface area contributed by atoms with Gasteiger partial charge in [0.2, 0.25) is 0 Å². The number of carbonyl (C=O) groups is 1. The summed E-state index contributed by atoms with van der Waals surface area (Å²) in [6.07, 6.45) is 3.70. The molecule has 3 rings (SSSR count). The summed E-state index contributed by atoms with van der Waals surface area (Å²) in [6, 6.07) is 13.4. The molecule has 0 radical (unpaired) electrons. The molecule has 5 nitrogen and oxygen atoms in total. The molecular weight excluding hydrogens is 302 g/mol. The molecule has 2 N–H and O–H groups in total. The number of carbonyl (C=O) groups excluding carboxylic acids is 1. The first-order valence-electron chi connectivity index (χ1n) is 7.68. The number of benzene rings is 1. The van der Waals surface area contributed by atoms with Gasteiger partial charge in [0.15, 0.2) is 0 Å². The van der Waals surface area contributed by atoms with E-state index in [0.717, 1.165) is 22.2 Å². The van der Waals surface area contributed by atoms with Crippen molar-refractivity contribution in [3.05, 3.63) is 66.0 Å². The molecule has 0 bridgehead atoms. The number of alkyl carbamates (subject to hydrolysis) is 1. The van der Waals surface area contributed by atoms with E-state index in [1.165, 1.54) is 0 Å². The predicted molar refractivity (Wildman–Crippen MR) is 92.2 cm³/mol. The van der Waals surface area contributed by atoms with Gasteiger partial charge < -0.3 is 15.0 Å². The molecule has 0 unspecified atom stereocenters. The van der Waals surface area contributed by atoms with Crippen LogP contribution in [-0.2, 0) is 11.3 Å². The first kappa shape index (κ1) is 15.6. The molecule has 0 aliphatic rings. The van der Waals surface area contributed by atoms with Gasteiger partial charge in [0.05, 0.1) is 11.0 Å². The minimum absolute atomic E-state index is 0.264. The number of aromatic amines is 1. The normalized spacial score (nSPS) is 10.0. The third-order valence-corrected chi connectivity index (χ3v) is 3.36. The highest BCUT2D eigenvalue weighted by Crippen LogP contribution is 2.09. The lowest BCUT2D eigenvalue weighted by Crippen LogP contribution is -2.24. The molecule has 0 aliphatic carbocycles. The molecule has 0 spiro atoms. The molecule has 0 atom stereocenters. The van der Waals surface area contributed by atoms with Crippen LogP contribution in [0.1, 0.15) is 17.5 Å². The van der Waals surface area contributed by atoms with Crippen LogP contribution in [0.25, 0.3) is 11.0 Å². The number of hydrogen-bond donors (Lipinski definition) is 2. The van der Waals surface area contributed by atoms with E-state index < -0.39 is 6.09 Å². The predicted octanol–water partition coefficient (Wildman–Crippen LogP) is 3.23. The Balaban J connectivity index is 1.39. The lowest BCUT2D eigenvalue weighted by molar-refractivity contribution is 0.140. The van der Waals surface area contributed by atoms with Gasteiger partial charge >= 0.3 is 6.09 Å². The first-order valence-corrected chi connectivity index (χ1v) is 7.68. The van der Waals surface area contributed by atoms with E-state index in [2.05, 4.69) is 27.1 Å². The van der Waals surface area contributed by atoms with Crippen LogP contribution in [-0.4, -0.2) is 22.6 Å². The van der Waals surface area contributed by atoms with E-state index in [9.17, 15) is 4.79 Å². The lowest BCUT2D eigenvalue weighted by Gasteiger charge is -2.05. The molecule has 1 aromatic carbocycles. The minimum Gasteiger partial charge on any atom is -0.445 e. The van der Waals surface area contributed by atoms with Gasteiger partial charge in [-0.2, -0.15) is 0 Å². The van der Waals surface area contributed by atoms with Crippen LogP contribution in [0.2, 0.25) is 0 Å². The summed E-state index contributed by atoms with van der Waals surface area (Å²) in [5.41, 5.74) is 3.68. The maximum Gasteiger partial charge on any atom is 0.407 e. The third kappa shape index (κ3) is 4.37. The highest BCUT2D eigenvalue weighted by molar-refractivity contribution is 5.75. The van der Waals surface area contributed by atoms with Gasteiger partial charge in [0, 0.05) is 30.9 Å². The van der Waals surface area contributed by atoms with Crippen molar-refractivity contribution in [2.24, 2.45) is 0 Å². The van der Waals surface area contributed by atoms with Crippen LogP contribution in [0, 0.1) is 11.8 Å². The van der Waals surface area contributed by atoms with Crippen LogP contribution in [0.3, 0.4) is 0 Å². The Bertz CT molecular complexity index is 876. The molecule has 0 saturated carbocycles. The summed E-state index contributed by atoms with van der Waals surface area (Å²) in [4.78, 5) is 19.0. The molecule has 0 aliphatic heterocycles. The summed E-state index contributed by atoms with van der Waals surface area (Å²) in [7, 11) is 0. The zero-order valence-corrected chi connectivity index (χ0v) is 13.1. The Labute approximate surface area is 140 Å². The highest BCUT2D eigenvalue weighted by atomic mass is 16.5. The average molecular weight is 319 g/mol. The second kappa shape index (κ2) is 7.84. The van der Waals surface area contributed by atoms with Crippen molar-refractivity contribution < 1.29 is 9.53 Å². The SMILES string of the molecule is O=C(NCCC#Cc1cnc2cc[nH]c2c1)OCc1ccccc1. The van der Waals surface area contributed by atoms with Gasteiger partial charge in [0.25, 0.3) is 0 Å². The van der Waals surface area contributed by atoms with Crippen molar-refractivity contribution in [1.29, 1.82) is 0 Å². The van der Waals surface area contributed by atoms with Gasteiger partial charge in [-0.1, -0.05) is 42.2 Å². The molecular formula is C19H17N3O2. The first-order chi connectivity index (χ1) is 11.8. The van der Waals surface area contributed by atoms with Gasteiger partial charge in [-0.25, -0.2) is 4.79 Å². The number of hydrogen-bond acceptors (Lipinski definition) is 3. The van der Waals surface area contributed by atoms with Crippen LogP contribution >= 0.6 is 0 Å². The van der Waals surface area contributed by atoms with Crippen molar-refractivity contribution in [3.8, 4) is 11.8 Å². The maximum absolute atomic E-state index is 11.6. The molecule has 2 heterocycles. The summed E-state index contributed by atoms with van der Waals surface area (Å²) >= 11 is 0. The fourth-order valence-corrected chi connectivity index (χ4v) is 2.17. The number of ether oxygens (including phenoxy) is 1. The Hall–Kier alpha value is -3.26.